The van der Waals surface area contributed by atoms with Gasteiger partial charge in [-0.25, -0.2) is 4.98 Å². The van der Waals surface area contributed by atoms with Crippen molar-refractivity contribution >= 4 is 10.9 Å². The van der Waals surface area contributed by atoms with Crippen LogP contribution in [0.2, 0.25) is 0 Å². The molecule has 27 heavy (non-hydrogen) atoms. The summed E-state index contributed by atoms with van der Waals surface area (Å²) in [5.41, 5.74) is 2.55. The molecule has 0 radical (unpaired) electrons. The second-order valence-corrected chi connectivity index (χ2v) is 6.59. The van der Waals surface area contributed by atoms with Gasteiger partial charge in [-0.2, -0.15) is 13.2 Å². The quantitative estimate of drug-likeness (QED) is 0.692. The van der Waals surface area contributed by atoms with Crippen molar-refractivity contribution in [2.24, 2.45) is 0 Å². The molecule has 0 N–H and O–H groups in total. The van der Waals surface area contributed by atoms with Crippen LogP contribution >= 0.6 is 0 Å². The highest BCUT2D eigenvalue weighted by Crippen LogP contribution is 2.30. The third-order valence-corrected chi connectivity index (χ3v) is 4.62. The van der Waals surface area contributed by atoms with E-state index >= 15 is 0 Å². The van der Waals surface area contributed by atoms with Gasteiger partial charge < -0.3 is 9.15 Å². The molecule has 0 amide bonds. The molecule has 0 spiro atoms. The molecule has 3 heterocycles. The van der Waals surface area contributed by atoms with Crippen LogP contribution in [0.4, 0.5) is 13.2 Å². The molecule has 0 aliphatic carbocycles. The summed E-state index contributed by atoms with van der Waals surface area (Å²) in [6.45, 7) is 2.58. The van der Waals surface area contributed by atoms with E-state index < -0.39 is 12.3 Å². The molecular weight excluding hydrogens is 359 g/mol. The Morgan fingerprint density at radius 3 is 2.81 bits per heavy atom. The number of aromatic nitrogens is 2. The van der Waals surface area contributed by atoms with Gasteiger partial charge in [0.05, 0.1) is 18.3 Å². The van der Waals surface area contributed by atoms with E-state index in [1.807, 2.05) is 24.3 Å². The number of benzene rings is 1. The molecule has 1 aromatic carbocycles. The normalized spacial score (nSPS) is 18.9. The number of hydrogen-bond acceptors (Lipinski definition) is 5. The number of aryl methyl sites for hydroxylation is 1. The molecule has 1 aliphatic rings. The summed E-state index contributed by atoms with van der Waals surface area (Å²) < 4.78 is 49.1. The van der Waals surface area contributed by atoms with Crippen LogP contribution in [0.5, 0.6) is 0 Å². The third kappa shape index (κ3) is 3.81. The molecule has 4 rings (SSSR count). The SMILES string of the molecule is Cc1ncc(-c2ccnc3cc(CN4CCOC(C(F)(F)F)C4)ccc23)o1. The number of oxazole rings is 1. The molecule has 0 saturated carbocycles. The molecule has 5 nitrogen and oxygen atoms in total. The molecule has 1 saturated heterocycles. The highest BCUT2D eigenvalue weighted by Gasteiger charge is 2.43. The summed E-state index contributed by atoms with van der Waals surface area (Å²) in [6.07, 6.45) is -2.71. The predicted molar refractivity (Wildman–Crippen MR) is 93.0 cm³/mol. The second kappa shape index (κ2) is 6.94. The van der Waals surface area contributed by atoms with Gasteiger partial charge in [-0.1, -0.05) is 12.1 Å². The van der Waals surface area contributed by atoms with E-state index in [0.717, 1.165) is 22.0 Å². The Hall–Kier alpha value is -2.45. The zero-order valence-corrected chi connectivity index (χ0v) is 14.7. The van der Waals surface area contributed by atoms with Gasteiger partial charge in [0.25, 0.3) is 0 Å². The minimum Gasteiger partial charge on any atom is -0.441 e. The largest absolute Gasteiger partial charge is 0.441 e. The average molecular weight is 377 g/mol. The summed E-state index contributed by atoms with van der Waals surface area (Å²) >= 11 is 0. The van der Waals surface area contributed by atoms with Crippen LogP contribution in [-0.2, 0) is 11.3 Å². The highest BCUT2D eigenvalue weighted by molar-refractivity contribution is 5.93. The number of hydrogen-bond donors (Lipinski definition) is 0. The van der Waals surface area contributed by atoms with Crippen LogP contribution in [0.25, 0.3) is 22.2 Å². The Morgan fingerprint density at radius 2 is 2.07 bits per heavy atom. The van der Waals surface area contributed by atoms with Crippen molar-refractivity contribution in [2.45, 2.75) is 25.7 Å². The maximum atomic E-state index is 12.9. The van der Waals surface area contributed by atoms with E-state index in [-0.39, 0.29) is 13.2 Å². The van der Waals surface area contributed by atoms with Crippen LogP contribution in [0.1, 0.15) is 11.5 Å². The maximum Gasteiger partial charge on any atom is 0.415 e. The summed E-state index contributed by atoms with van der Waals surface area (Å²) in [5.74, 6) is 1.24. The first-order chi connectivity index (χ1) is 12.9. The van der Waals surface area contributed by atoms with Crippen molar-refractivity contribution < 1.29 is 22.3 Å². The fourth-order valence-electron chi connectivity index (χ4n) is 3.30. The van der Waals surface area contributed by atoms with Crippen molar-refractivity contribution in [1.29, 1.82) is 0 Å². The Kier molecular flexibility index (Phi) is 4.61. The predicted octanol–water partition coefficient (Wildman–Crippen LogP) is 3.96. The summed E-state index contributed by atoms with van der Waals surface area (Å²) in [5, 5.41) is 0.910. The topological polar surface area (TPSA) is 51.4 Å². The van der Waals surface area contributed by atoms with Gasteiger partial charge >= 0.3 is 6.18 Å². The maximum absolute atomic E-state index is 12.9. The molecule has 0 bridgehead atoms. The van der Waals surface area contributed by atoms with Gasteiger partial charge in [-0.15, -0.1) is 0 Å². The molecular formula is C19H18F3N3O2. The number of rotatable bonds is 3. The highest BCUT2D eigenvalue weighted by atomic mass is 19.4. The van der Waals surface area contributed by atoms with Crippen LogP contribution < -0.4 is 0 Å². The lowest BCUT2D eigenvalue weighted by Gasteiger charge is -2.33. The van der Waals surface area contributed by atoms with Gasteiger partial charge in [0.1, 0.15) is 0 Å². The Balaban J connectivity index is 1.57. The molecule has 3 aromatic rings. The standard InChI is InChI=1S/C19H18F3N3O2/c1-12-24-9-17(27-12)15-4-5-23-16-8-13(2-3-14(15)16)10-25-6-7-26-18(11-25)19(20,21)22/h2-5,8-9,18H,6-7,10-11H2,1H3. The summed E-state index contributed by atoms with van der Waals surface area (Å²) in [4.78, 5) is 10.3. The van der Waals surface area contributed by atoms with E-state index in [9.17, 15) is 13.2 Å². The van der Waals surface area contributed by atoms with E-state index in [2.05, 4.69) is 9.97 Å². The van der Waals surface area contributed by atoms with Crippen molar-refractivity contribution in [3.8, 4) is 11.3 Å². The fourth-order valence-corrected chi connectivity index (χ4v) is 3.30. The molecule has 1 unspecified atom stereocenters. The Morgan fingerprint density at radius 1 is 1.22 bits per heavy atom. The first-order valence-corrected chi connectivity index (χ1v) is 8.61. The smallest absolute Gasteiger partial charge is 0.415 e. The molecule has 1 atom stereocenters. The van der Waals surface area contributed by atoms with Crippen LogP contribution in [0.3, 0.4) is 0 Å². The lowest BCUT2D eigenvalue weighted by atomic mass is 10.0. The monoisotopic (exact) mass is 377 g/mol. The van der Waals surface area contributed by atoms with E-state index in [4.69, 9.17) is 9.15 Å². The summed E-state index contributed by atoms with van der Waals surface area (Å²) in [6, 6.07) is 7.60. The minimum absolute atomic E-state index is 0.0744. The van der Waals surface area contributed by atoms with Crippen molar-refractivity contribution in [3.05, 3.63) is 48.1 Å². The van der Waals surface area contributed by atoms with Gasteiger partial charge in [0, 0.05) is 43.7 Å². The molecule has 1 fully saturated rings. The van der Waals surface area contributed by atoms with Crippen LogP contribution in [0.15, 0.2) is 41.1 Å². The second-order valence-electron chi connectivity index (χ2n) is 6.59. The third-order valence-electron chi connectivity index (χ3n) is 4.62. The molecule has 1 aliphatic heterocycles. The summed E-state index contributed by atoms with van der Waals surface area (Å²) in [7, 11) is 0. The number of morpholine rings is 1. The van der Waals surface area contributed by atoms with Crippen LogP contribution in [0, 0.1) is 6.92 Å². The first-order valence-electron chi connectivity index (χ1n) is 8.61. The van der Waals surface area contributed by atoms with Crippen molar-refractivity contribution in [3.63, 3.8) is 0 Å². The van der Waals surface area contributed by atoms with Crippen molar-refractivity contribution in [1.82, 2.24) is 14.9 Å². The number of alkyl halides is 3. The first kappa shape index (κ1) is 17.9. The molecule has 8 heteroatoms. The zero-order valence-electron chi connectivity index (χ0n) is 14.7. The minimum atomic E-state index is -4.34. The number of fused-ring (bicyclic) bond motifs is 1. The fraction of sp³-hybridized carbons (Fsp3) is 0.368. The van der Waals surface area contributed by atoms with E-state index in [1.165, 1.54) is 0 Å². The number of pyridine rings is 1. The zero-order chi connectivity index (χ0) is 19.0. The Bertz CT molecular complexity index is 955. The van der Waals surface area contributed by atoms with E-state index in [1.54, 1.807) is 24.2 Å². The van der Waals surface area contributed by atoms with Gasteiger partial charge in [-0.05, 0) is 17.7 Å². The number of halogens is 3. The lowest BCUT2D eigenvalue weighted by molar-refractivity contribution is -0.237. The van der Waals surface area contributed by atoms with Crippen molar-refractivity contribution in [2.75, 3.05) is 19.7 Å². The lowest BCUT2D eigenvalue weighted by Crippen LogP contribution is -2.48. The molecule has 142 valence electrons. The number of ether oxygens (including phenoxy) is 1. The van der Waals surface area contributed by atoms with Gasteiger partial charge in [0.2, 0.25) is 0 Å². The van der Waals surface area contributed by atoms with Gasteiger partial charge in [-0.3, -0.25) is 9.88 Å². The van der Waals surface area contributed by atoms with E-state index in [0.29, 0.717) is 24.7 Å². The average Bonchev–Trinajstić information content (AvgIpc) is 3.07. The Labute approximate surface area is 153 Å². The molecule has 2 aromatic heterocycles. The number of nitrogens with zero attached hydrogens (tertiary/aromatic N) is 3. The van der Waals surface area contributed by atoms with Gasteiger partial charge in [0.15, 0.2) is 17.8 Å². The van der Waals surface area contributed by atoms with Crippen LogP contribution in [-0.4, -0.2) is 46.8 Å².